The predicted molar refractivity (Wildman–Crippen MR) is 26.9 cm³/mol. The molecule has 0 aromatic carbocycles. The summed E-state index contributed by atoms with van der Waals surface area (Å²) in [5, 5.41) is 0. The van der Waals surface area contributed by atoms with E-state index >= 15 is 0 Å². The first-order chi connectivity index (χ1) is 2.81. The van der Waals surface area contributed by atoms with Gasteiger partial charge in [-0.3, -0.25) is 0 Å². The molecule has 0 aliphatic heterocycles. The molecule has 1 nitrogen and oxygen atoms in total. The van der Waals surface area contributed by atoms with Gasteiger partial charge >= 0.3 is 0 Å². The Morgan fingerprint density at radius 2 is 2.33 bits per heavy atom. The molecule has 0 saturated heterocycles. The van der Waals surface area contributed by atoms with E-state index in [4.69, 9.17) is 11.6 Å². The summed E-state index contributed by atoms with van der Waals surface area (Å²) in [5.74, 6) is 0. The van der Waals surface area contributed by atoms with Crippen LogP contribution in [0.25, 0.3) is 0 Å². The van der Waals surface area contributed by atoms with E-state index in [-0.39, 0.29) is 5.56 Å². The van der Waals surface area contributed by atoms with Crippen LogP contribution in [0.2, 0.25) is 0 Å². The van der Waals surface area contributed by atoms with E-state index in [0.29, 0.717) is 0 Å². The van der Waals surface area contributed by atoms with E-state index in [2.05, 4.69) is 4.74 Å². The first kappa shape index (κ1) is 6.25. The number of hydrogen-bond donors (Lipinski definition) is 0. The summed E-state index contributed by atoms with van der Waals surface area (Å²) < 4.78 is 4.66. The standard InChI is InChI=1S/C4H9ClO/c1-3-4(5)6-2/h4H,3H2,1-2H3/t4-/m0/s1. The molecule has 0 aliphatic carbocycles. The van der Waals surface area contributed by atoms with E-state index in [1.165, 1.54) is 0 Å². The van der Waals surface area contributed by atoms with Gasteiger partial charge in [-0.2, -0.15) is 0 Å². The fourth-order valence-electron chi connectivity index (χ4n) is 0.167. The zero-order valence-electron chi connectivity index (χ0n) is 4.07. The van der Waals surface area contributed by atoms with Crippen LogP contribution >= 0.6 is 11.6 Å². The maximum atomic E-state index is 5.43. The number of hydrogen-bond acceptors (Lipinski definition) is 1. The number of rotatable bonds is 2. The minimum Gasteiger partial charge on any atom is -0.366 e. The Morgan fingerprint density at radius 1 is 1.83 bits per heavy atom. The van der Waals surface area contributed by atoms with E-state index in [0.717, 1.165) is 6.42 Å². The van der Waals surface area contributed by atoms with Crippen LogP contribution in [0.5, 0.6) is 0 Å². The van der Waals surface area contributed by atoms with Crippen LogP contribution in [0.4, 0.5) is 0 Å². The summed E-state index contributed by atoms with van der Waals surface area (Å²) in [5.41, 5.74) is -0.0926. The molecule has 0 heterocycles. The molecule has 0 saturated carbocycles. The van der Waals surface area contributed by atoms with Gasteiger partial charge in [0, 0.05) is 7.11 Å². The lowest BCUT2D eigenvalue weighted by Gasteiger charge is -1.98. The second-order valence-electron chi connectivity index (χ2n) is 1.05. The topological polar surface area (TPSA) is 9.23 Å². The predicted octanol–water partition coefficient (Wildman–Crippen LogP) is 1.61. The van der Waals surface area contributed by atoms with Crippen molar-refractivity contribution in [1.82, 2.24) is 0 Å². The third-order valence-corrected chi connectivity index (χ3v) is 1.06. The van der Waals surface area contributed by atoms with Gasteiger partial charge in [0.25, 0.3) is 0 Å². The van der Waals surface area contributed by atoms with Crippen LogP contribution < -0.4 is 0 Å². The highest BCUT2D eigenvalue weighted by Gasteiger charge is 1.91. The molecule has 0 fully saturated rings. The summed E-state index contributed by atoms with van der Waals surface area (Å²) >= 11 is 5.43. The molecule has 0 unspecified atom stereocenters. The second kappa shape index (κ2) is 3.44. The quantitative estimate of drug-likeness (QED) is 0.489. The van der Waals surface area contributed by atoms with Gasteiger partial charge in [0.2, 0.25) is 0 Å². The summed E-state index contributed by atoms with van der Waals surface area (Å²) in [4.78, 5) is 0. The van der Waals surface area contributed by atoms with Gasteiger partial charge in [-0.25, -0.2) is 0 Å². The molecule has 0 bridgehead atoms. The van der Waals surface area contributed by atoms with Crippen molar-refractivity contribution in [3.63, 3.8) is 0 Å². The highest BCUT2D eigenvalue weighted by Crippen LogP contribution is 1.98. The number of alkyl halides is 1. The van der Waals surface area contributed by atoms with Crippen molar-refractivity contribution in [3.8, 4) is 0 Å². The van der Waals surface area contributed by atoms with Crippen molar-refractivity contribution >= 4 is 11.6 Å². The van der Waals surface area contributed by atoms with Crippen molar-refractivity contribution in [3.05, 3.63) is 0 Å². The lowest BCUT2D eigenvalue weighted by molar-refractivity contribution is 0.164. The first-order valence-corrected chi connectivity index (χ1v) is 2.41. The fourth-order valence-corrected chi connectivity index (χ4v) is 0.167. The van der Waals surface area contributed by atoms with Gasteiger partial charge in [-0.15, -0.1) is 0 Å². The molecular formula is C4H9ClO. The number of ether oxygens (including phenoxy) is 1. The SMILES string of the molecule is CC[C@@H](Cl)OC. The van der Waals surface area contributed by atoms with Crippen molar-refractivity contribution in [2.45, 2.75) is 18.9 Å². The Morgan fingerprint density at radius 3 is 2.33 bits per heavy atom. The first-order valence-electron chi connectivity index (χ1n) is 1.98. The van der Waals surface area contributed by atoms with E-state index < -0.39 is 0 Å². The van der Waals surface area contributed by atoms with Gasteiger partial charge in [0.15, 0.2) is 0 Å². The molecule has 0 amide bonds. The largest absolute Gasteiger partial charge is 0.366 e. The van der Waals surface area contributed by atoms with Crippen molar-refractivity contribution < 1.29 is 4.74 Å². The van der Waals surface area contributed by atoms with Crippen molar-refractivity contribution in [2.24, 2.45) is 0 Å². The second-order valence-corrected chi connectivity index (χ2v) is 1.54. The Balaban J connectivity index is 2.75. The van der Waals surface area contributed by atoms with Crippen LogP contribution in [-0.2, 0) is 4.74 Å². The van der Waals surface area contributed by atoms with Crippen LogP contribution in [0.1, 0.15) is 13.3 Å². The summed E-state index contributed by atoms with van der Waals surface area (Å²) in [6.45, 7) is 1.97. The lowest BCUT2D eigenvalue weighted by atomic mass is 10.5. The molecular weight excluding hydrogens is 99.5 g/mol. The maximum Gasteiger partial charge on any atom is 0.130 e. The van der Waals surface area contributed by atoms with Gasteiger partial charge in [-0.05, 0) is 6.42 Å². The number of halogens is 1. The van der Waals surface area contributed by atoms with Crippen LogP contribution in [0.15, 0.2) is 0 Å². The molecule has 0 aromatic rings. The molecule has 1 atom stereocenters. The van der Waals surface area contributed by atoms with Gasteiger partial charge < -0.3 is 4.74 Å². The fraction of sp³-hybridized carbons (Fsp3) is 1.00. The highest BCUT2D eigenvalue weighted by molar-refractivity contribution is 6.19. The average molecular weight is 109 g/mol. The van der Waals surface area contributed by atoms with Gasteiger partial charge in [-0.1, -0.05) is 18.5 Å². The smallest absolute Gasteiger partial charge is 0.130 e. The third kappa shape index (κ3) is 2.49. The lowest BCUT2D eigenvalue weighted by Crippen LogP contribution is -1.96. The van der Waals surface area contributed by atoms with Gasteiger partial charge in [0.1, 0.15) is 5.56 Å². The Hall–Kier alpha value is 0.250. The Kier molecular flexibility index (Phi) is 3.58. The monoisotopic (exact) mass is 108 g/mol. The van der Waals surface area contributed by atoms with Crippen molar-refractivity contribution in [2.75, 3.05) is 7.11 Å². The van der Waals surface area contributed by atoms with Crippen molar-refractivity contribution in [1.29, 1.82) is 0 Å². The zero-order chi connectivity index (χ0) is 4.99. The summed E-state index contributed by atoms with van der Waals surface area (Å²) in [6.07, 6.45) is 0.873. The minimum absolute atomic E-state index is 0.0926. The molecule has 0 spiro atoms. The van der Waals surface area contributed by atoms with Crippen LogP contribution in [0.3, 0.4) is 0 Å². The Bertz CT molecular complexity index is 26.7. The minimum atomic E-state index is -0.0926. The van der Waals surface area contributed by atoms with E-state index in [1.807, 2.05) is 6.92 Å². The molecule has 0 N–H and O–H groups in total. The third-order valence-electron chi connectivity index (χ3n) is 0.577. The zero-order valence-corrected chi connectivity index (χ0v) is 4.83. The van der Waals surface area contributed by atoms with Crippen LogP contribution in [-0.4, -0.2) is 12.7 Å². The number of methoxy groups -OCH3 is 1. The molecule has 0 aliphatic rings. The molecule has 2 heteroatoms. The Labute approximate surface area is 43.3 Å². The van der Waals surface area contributed by atoms with E-state index in [1.54, 1.807) is 7.11 Å². The molecule has 38 valence electrons. The normalized spacial score (nSPS) is 14.5. The van der Waals surface area contributed by atoms with Crippen LogP contribution in [0, 0.1) is 0 Å². The molecule has 0 aromatic heterocycles. The maximum absolute atomic E-state index is 5.43. The highest BCUT2D eigenvalue weighted by atomic mass is 35.5. The molecule has 0 radical (unpaired) electrons. The average Bonchev–Trinajstić information content (AvgIpc) is 1.65. The molecule has 6 heavy (non-hydrogen) atoms. The summed E-state index contributed by atoms with van der Waals surface area (Å²) in [6, 6.07) is 0. The van der Waals surface area contributed by atoms with E-state index in [9.17, 15) is 0 Å². The molecule has 0 rings (SSSR count). The van der Waals surface area contributed by atoms with Gasteiger partial charge in [0.05, 0.1) is 0 Å². The summed E-state index contributed by atoms with van der Waals surface area (Å²) in [7, 11) is 1.60.